The number of hydrogen-bond donors (Lipinski definition) is 2. The van der Waals surface area contributed by atoms with Crippen LogP contribution < -0.4 is 5.32 Å². The number of hydrogen-bond acceptors (Lipinski definition) is 2. The molecule has 2 N–H and O–H groups in total. The Hall–Kier alpha value is -1.84. The van der Waals surface area contributed by atoms with Crippen LogP contribution in [0.4, 0.5) is 0 Å². The van der Waals surface area contributed by atoms with Crippen LogP contribution in [-0.4, -0.2) is 22.4 Å². The molecule has 4 nitrogen and oxygen atoms in total. The van der Waals surface area contributed by atoms with Crippen LogP contribution in [0.5, 0.6) is 0 Å². The molecule has 0 saturated carbocycles. The first-order valence-corrected chi connectivity index (χ1v) is 6.18. The zero-order chi connectivity index (χ0) is 13.2. The predicted octanol–water partition coefficient (Wildman–Crippen LogP) is 2.73. The molecule has 2 rings (SSSR count). The number of nitrogens with one attached hydrogen (secondary N) is 2. The van der Waals surface area contributed by atoms with Crippen LogP contribution in [0.2, 0.25) is 0 Å². The number of aromatic nitrogens is 2. The molecule has 0 saturated heterocycles. The van der Waals surface area contributed by atoms with E-state index in [1.165, 1.54) is 0 Å². The minimum atomic E-state index is -0.0431. The van der Waals surface area contributed by atoms with Gasteiger partial charge in [-0.25, -0.2) is 4.98 Å². The van der Waals surface area contributed by atoms with Crippen molar-refractivity contribution in [2.24, 2.45) is 5.41 Å². The van der Waals surface area contributed by atoms with Crippen molar-refractivity contribution in [2.45, 2.75) is 27.2 Å². The number of pyridine rings is 1. The molecule has 96 valence electrons. The van der Waals surface area contributed by atoms with Crippen molar-refractivity contribution in [3.05, 3.63) is 30.1 Å². The molecule has 1 amide bonds. The van der Waals surface area contributed by atoms with Crippen LogP contribution in [0.3, 0.4) is 0 Å². The van der Waals surface area contributed by atoms with Crippen molar-refractivity contribution in [1.82, 2.24) is 15.3 Å². The number of rotatable bonds is 3. The van der Waals surface area contributed by atoms with Crippen LogP contribution in [0.25, 0.3) is 11.0 Å². The summed E-state index contributed by atoms with van der Waals surface area (Å²) in [5.41, 5.74) is 1.64. The Morgan fingerprint density at radius 2 is 2.22 bits per heavy atom. The number of nitrogens with zero attached hydrogens (tertiary/aromatic N) is 1. The lowest BCUT2D eigenvalue weighted by Crippen LogP contribution is -2.27. The summed E-state index contributed by atoms with van der Waals surface area (Å²) in [6, 6.07) is 3.74. The van der Waals surface area contributed by atoms with Crippen molar-refractivity contribution in [1.29, 1.82) is 0 Å². The zero-order valence-electron chi connectivity index (χ0n) is 11.1. The van der Waals surface area contributed by atoms with Crippen LogP contribution in [0, 0.1) is 5.41 Å². The quantitative estimate of drug-likeness (QED) is 0.873. The lowest BCUT2D eigenvalue weighted by Gasteiger charge is -2.17. The molecule has 0 radical (unpaired) electrons. The maximum absolute atomic E-state index is 12.0. The summed E-state index contributed by atoms with van der Waals surface area (Å²) in [4.78, 5) is 19.2. The monoisotopic (exact) mass is 245 g/mol. The third kappa shape index (κ3) is 2.88. The minimum Gasteiger partial charge on any atom is -0.352 e. The van der Waals surface area contributed by atoms with E-state index >= 15 is 0 Å². The molecule has 0 aliphatic rings. The van der Waals surface area contributed by atoms with Gasteiger partial charge in [0.05, 0.1) is 5.56 Å². The van der Waals surface area contributed by atoms with E-state index in [0.29, 0.717) is 12.1 Å². The standard InChI is InChI=1S/C14H19N3O/c1-14(2,3)6-8-16-13(18)11-9-17-12-10(11)5-4-7-15-12/h4-5,7,9H,6,8H2,1-3H3,(H,15,17)(H,16,18). The smallest absolute Gasteiger partial charge is 0.253 e. The number of carbonyl (C=O) groups is 1. The summed E-state index contributed by atoms with van der Waals surface area (Å²) in [6.45, 7) is 7.17. The third-order valence-corrected chi connectivity index (χ3v) is 2.86. The van der Waals surface area contributed by atoms with Gasteiger partial charge >= 0.3 is 0 Å². The van der Waals surface area contributed by atoms with E-state index < -0.39 is 0 Å². The van der Waals surface area contributed by atoms with E-state index in [1.54, 1.807) is 12.4 Å². The first-order chi connectivity index (χ1) is 8.47. The number of carbonyl (C=O) groups excluding carboxylic acids is 1. The highest BCUT2D eigenvalue weighted by Crippen LogP contribution is 2.18. The normalized spacial score (nSPS) is 11.7. The van der Waals surface area contributed by atoms with E-state index in [-0.39, 0.29) is 11.3 Å². The van der Waals surface area contributed by atoms with E-state index in [0.717, 1.165) is 17.5 Å². The van der Waals surface area contributed by atoms with Gasteiger partial charge in [-0.2, -0.15) is 0 Å². The fourth-order valence-electron chi connectivity index (χ4n) is 1.79. The minimum absolute atomic E-state index is 0.0431. The molecule has 2 heterocycles. The maximum Gasteiger partial charge on any atom is 0.253 e. The van der Waals surface area contributed by atoms with E-state index in [4.69, 9.17) is 0 Å². The van der Waals surface area contributed by atoms with Gasteiger partial charge in [0, 0.05) is 24.3 Å². The largest absolute Gasteiger partial charge is 0.352 e. The van der Waals surface area contributed by atoms with Gasteiger partial charge in [0.2, 0.25) is 0 Å². The number of aromatic amines is 1. The second kappa shape index (κ2) is 4.80. The summed E-state index contributed by atoms with van der Waals surface area (Å²) < 4.78 is 0. The highest BCUT2D eigenvalue weighted by molar-refractivity contribution is 6.05. The van der Waals surface area contributed by atoms with E-state index in [1.807, 2.05) is 12.1 Å². The third-order valence-electron chi connectivity index (χ3n) is 2.86. The second-order valence-electron chi connectivity index (χ2n) is 5.67. The number of fused-ring (bicyclic) bond motifs is 1. The summed E-state index contributed by atoms with van der Waals surface area (Å²) in [6.07, 6.45) is 4.38. The molecule has 0 unspecified atom stereocenters. The van der Waals surface area contributed by atoms with Gasteiger partial charge in [-0.05, 0) is 24.0 Å². The predicted molar refractivity (Wildman–Crippen MR) is 72.5 cm³/mol. The molecule has 0 spiro atoms. The van der Waals surface area contributed by atoms with Crippen molar-refractivity contribution in [3.63, 3.8) is 0 Å². The Morgan fingerprint density at radius 1 is 1.44 bits per heavy atom. The maximum atomic E-state index is 12.0. The van der Waals surface area contributed by atoms with Gasteiger partial charge in [-0.1, -0.05) is 20.8 Å². The van der Waals surface area contributed by atoms with Gasteiger partial charge in [-0.15, -0.1) is 0 Å². The Labute approximate surface area is 107 Å². The summed E-state index contributed by atoms with van der Waals surface area (Å²) >= 11 is 0. The first-order valence-electron chi connectivity index (χ1n) is 6.18. The molecular weight excluding hydrogens is 226 g/mol. The molecule has 0 aromatic carbocycles. The average Bonchev–Trinajstić information content (AvgIpc) is 2.70. The molecule has 4 heteroatoms. The summed E-state index contributed by atoms with van der Waals surface area (Å²) in [7, 11) is 0. The van der Waals surface area contributed by atoms with Crippen molar-refractivity contribution < 1.29 is 4.79 Å². The molecule has 2 aromatic rings. The Bertz CT molecular complexity index is 551. The molecule has 18 heavy (non-hydrogen) atoms. The van der Waals surface area contributed by atoms with Crippen LogP contribution >= 0.6 is 0 Å². The zero-order valence-corrected chi connectivity index (χ0v) is 11.1. The topological polar surface area (TPSA) is 57.8 Å². The molecule has 2 aromatic heterocycles. The average molecular weight is 245 g/mol. The first kappa shape index (κ1) is 12.6. The molecular formula is C14H19N3O. The summed E-state index contributed by atoms with van der Waals surface area (Å²) in [5.74, 6) is -0.0431. The van der Waals surface area contributed by atoms with Crippen LogP contribution in [0.15, 0.2) is 24.5 Å². The SMILES string of the molecule is CC(C)(C)CCNC(=O)c1c[nH]c2ncccc12. The molecule has 0 aliphatic carbocycles. The highest BCUT2D eigenvalue weighted by Gasteiger charge is 2.14. The lowest BCUT2D eigenvalue weighted by molar-refractivity contribution is 0.0951. The molecule has 0 aliphatic heterocycles. The second-order valence-corrected chi connectivity index (χ2v) is 5.67. The van der Waals surface area contributed by atoms with Gasteiger partial charge in [0.1, 0.15) is 5.65 Å². The van der Waals surface area contributed by atoms with Crippen LogP contribution in [-0.2, 0) is 0 Å². The molecule has 0 fully saturated rings. The Kier molecular flexibility index (Phi) is 3.36. The lowest BCUT2D eigenvalue weighted by atomic mass is 9.92. The van der Waals surface area contributed by atoms with Gasteiger partial charge in [0.25, 0.3) is 5.91 Å². The Balaban J connectivity index is 2.05. The summed E-state index contributed by atoms with van der Waals surface area (Å²) in [5, 5.41) is 3.81. The molecule has 0 bridgehead atoms. The fraction of sp³-hybridized carbons (Fsp3) is 0.429. The van der Waals surface area contributed by atoms with Gasteiger partial charge in [-0.3, -0.25) is 4.79 Å². The van der Waals surface area contributed by atoms with E-state index in [2.05, 4.69) is 36.1 Å². The van der Waals surface area contributed by atoms with E-state index in [9.17, 15) is 4.79 Å². The van der Waals surface area contributed by atoms with Gasteiger partial charge < -0.3 is 10.3 Å². The van der Waals surface area contributed by atoms with Crippen molar-refractivity contribution >= 4 is 16.9 Å². The van der Waals surface area contributed by atoms with Crippen LogP contribution in [0.1, 0.15) is 37.6 Å². The number of H-pyrrole nitrogens is 1. The van der Waals surface area contributed by atoms with Gasteiger partial charge in [0.15, 0.2) is 0 Å². The Morgan fingerprint density at radius 3 is 2.94 bits per heavy atom. The molecule has 0 atom stereocenters. The van der Waals surface area contributed by atoms with Crippen molar-refractivity contribution in [3.8, 4) is 0 Å². The fourth-order valence-corrected chi connectivity index (χ4v) is 1.79. The number of amides is 1. The highest BCUT2D eigenvalue weighted by atomic mass is 16.1. The van der Waals surface area contributed by atoms with Crippen molar-refractivity contribution in [2.75, 3.05) is 6.54 Å².